The number of ketones is 1. The Morgan fingerprint density at radius 3 is 1.50 bits per heavy atom. The minimum absolute atomic E-state index is 0.115. The Morgan fingerprint density at radius 1 is 0.833 bits per heavy atom. The van der Waals surface area contributed by atoms with Gasteiger partial charge < -0.3 is 0 Å². The van der Waals surface area contributed by atoms with Gasteiger partial charge in [-0.3, -0.25) is 14.8 Å². The highest BCUT2D eigenvalue weighted by Gasteiger charge is 2.22. The molecule has 2 unspecified atom stereocenters. The monoisotopic (exact) mass is 240 g/mol. The number of Topliss-reactive ketones (excluding diaryl/α,β-unsaturated/α-hetero) is 1. The van der Waals surface area contributed by atoms with Crippen LogP contribution in [-0.4, -0.2) is 15.8 Å². The summed E-state index contributed by atoms with van der Waals surface area (Å²) in [5, 5.41) is 0. The number of nitrogens with zero attached hydrogens (tertiary/aromatic N) is 2. The van der Waals surface area contributed by atoms with Gasteiger partial charge in [0.15, 0.2) is 0 Å². The molecule has 0 spiro atoms. The first-order chi connectivity index (χ1) is 8.70. The fraction of sp³-hybridized carbons (Fsp3) is 0.267. The van der Waals surface area contributed by atoms with Crippen molar-refractivity contribution in [3.8, 4) is 0 Å². The van der Waals surface area contributed by atoms with Gasteiger partial charge in [0.25, 0.3) is 0 Å². The van der Waals surface area contributed by atoms with Gasteiger partial charge in [-0.15, -0.1) is 0 Å². The highest BCUT2D eigenvalue weighted by molar-refractivity contribution is 5.91. The van der Waals surface area contributed by atoms with Crippen molar-refractivity contribution < 1.29 is 4.79 Å². The van der Waals surface area contributed by atoms with Crippen molar-refractivity contribution in [1.82, 2.24) is 9.97 Å². The smallest absolute Gasteiger partial charge is 0.147 e. The Balaban J connectivity index is 2.17. The van der Waals surface area contributed by atoms with Crippen LogP contribution in [0.25, 0.3) is 0 Å². The lowest BCUT2D eigenvalue weighted by Gasteiger charge is -2.16. The van der Waals surface area contributed by atoms with E-state index in [2.05, 4.69) is 9.97 Å². The van der Waals surface area contributed by atoms with E-state index in [4.69, 9.17) is 0 Å². The topological polar surface area (TPSA) is 42.9 Å². The second-order valence-electron chi connectivity index (χ2n) is 4.41. The summed E-state index contributed by atoms with van der Waals surface area (Å²) in [6.45, 7) is 3.88. The molecule has 2 heterocycles. The molecule has 2 aromatic heterocycles. The third-order valence-electron chi connectivity index (χ3n) is 3.27. The zero-order valence-corrected chi connectivity index (χ0v) is 10.6. The lowest BCUT2D eigenvalue weighted by molar-refractivity contribution is -0.121. The fourth-order valence-electron chi connectivity index (χ4n) is 2.01. The number of hydrogen-bond acceptors (Lipinski definition) is 3. The van der Waals surface area contributed by atoms with Crippen LogP contribution in [0.3, 0.4) is 0 Å². The maximum absolute atomic E-state index is 12.4. The average Bonchev–Trinajstić information content (AvgIpc) is 2.47. The summed E-state index contributed by atoms with van der Waals surface area (Å²) in [6, 6.07) is 7.56. The molecule has 0 aliphatic carbocycles. The predicted octanol–water partition coefficient (Wildman–Crippen LogP) is 2.95. The molecule has 3 heteroatoms. The van der Waals surface area contributed by atoms with E-state index in [9.17, 15) is 4.79 Å². The quantitative estimate of drug-likeness (QED) is 0.825. The summed E-state index contributed by atoms with van der Waals surface area (Å²) in [7, 11) is 0. The largest absolute Gasteiger partial charge is 0.298 e. The fourth-order valence-corrected chi connectivity index (χ4v) is 2.01. The van der Waals surface area contributed by atoms with Crippen molar-refractivity contribution in [3.05, 3.63) is 60.2 Å². The van der Waals surface area contributed by atoms with E-state index in [0.29, 0.717) is 0 Å². The molecule has 0 N–H and O–H groups in total. The Labute approximate surface area is 107 Å². The van der Waals surface area contributed by atoms with Crippen molar-refractivity contribution in [2.45, 2.75) is 25.7 Å². The summed E-state index contributed by atoms with van der Waals surface area (Å²) in [5.74, 6) is -0.0141. The van der Waals surface area contributed by atoms with Crippen LogP contribution in [0.1, 0.15) is 36.8 Å². The van der Waals surface area contributed by atoms with Crippen molar-refractivity contribution in [2.75, 3.05) is 0 Å². The second kappa shape index (κ2) is 5.54. The Hall–Kier alpha value is -2.03. The van der Waals surface area contributed by atoms with Crippen molar-refractivity contribution in [2.24, 2.45) is 0 Å². The summed E-state index contributed by atoms with van der Waals surface area (Å²) >= 11 is 0. The molecular formula is C15H16N2O. The lowest BCUT2D eigenvalue weighted by atomic mass is 9.86. The molecule has 0 bridgehead atoms. The maximum Gasteiger partial charge on any atom is 0.147 e. The number of carbonyl (C=O) groups is 1. The number of hydrogen-bond donors (Lipinski definition) is 0. The second-order valence-corrected chi connectivity index (χ2v) is 4.41. The van der Waals surface area contributed by atoms with Crippen molar-refractivity contribution in [3.63, 3.8) is 0 Å². The van der Waals surface area contributed by atoms with E-state index in [-0.39, 0.29) is 17.6 Å². The first-order valence-corrected chi connectivity index (χ1v) is 6.03. The molecule has 0 radical (unpaired) electrons. The number of aromatic nitrogens is 2. The first-order valence-electron chi connectivity index (χ1n) is 6.03. The Bertz CT molecular complexity index is 463. The Kier molecular flexibility index (Phi) is 3.82. The Morgan fingerprint density at radius 2 is 1.17 bits per heavy atom. The van der Waals surface area contributed by atoms with Gasteiger partial charge in [-0.1, -0.05) is 13.8 Å². The van der Waals surface area contributed by atoms with E-state index in [1.807, 2.05) is 38.1 Å². The van der Waals surface area contributed by atoms with Gasteiger partial charge in [0.05, 0.1) is 0 Å². The van der Waals surface area contributed by atoms with E-state index in [1.165, 1.54) is 0 Å². The van der Waals surface area contributed by atoms with Crippen LogP contribution < -0.4 is 0 Å². The molecule has 18 heavy (non-hydrogen) atoms. The van der Waals surface area contributed by atoms with Gasteiger partial charge in [-0.05, 0) is 35.4 Å². The average molecular weight is 240 g/mol. The van der Waals surface area contributed by atoms with Gasteiger partial charge in [0, 0.05) is 36.6 Å². The van der Waals surface area contributed by atoms with Crippen LogP contribution in [0.5, 0.6) is 0 Å². The van der Waals surface area contributed by atoms with Gasteiger partial charge in [-0.2, -0.15) is 0 Å². The third kappa shape index (κ3) is 2.62. The molecule has 0 amide bonds. The van der Waals surface area contributed by atoms with Crippen LogP contribution in [0.2, 0.25) is 0 Å². The SMILES string of the molecule is CC(C(=O)C(C)c1ccncc1)c1ccncc1. The maximum atomic E-state index is 12.4. The summed E-state index contributed by atoms with van der Waals surface area (Å²) in [5.41, 5.74) is 2.02. The minimum Gasteiger partial charge on any atom is -0.298 e. The molecule has 3 nitrogen and oxygen atoms in total. The van der Waals surface area contributed by atoms with E-state index < -0.39 is 0 Å². The van der Waals surface area contributed by atoms with Crippen LogP contribution in [0.4, 0.5) is 0 Å². The third-order valence-corrected chi connectivity index (χ3v) is 3.27. The molecule has 0 aliphatic rings. The molecular weight excluding hydrogens is 224 g/mol. The highest BCUT2D eigenvalue weighted by atomic mass is 16.1. The van der Waals surface area contributed by atoms with Gasteiger partial charge in [0.2, 0.25) is 0 Å². The predicted molar refractivity (Wildman–Crippen MR) is 70.3 cm³/mol. The molecule has 0 aromatic carbocycles. The van der Waals surface area contributed by atoms with Crippen molar-refractivity contribution in [1.29, 1.82) is 0 Å². The van der Waals surface area contributed by atoms with Gasteiger partial charge >= 0.3 is 0 Å². The molecule has 0 fully saturated rings. The van der Waals surface area contributed by atoms with E-state index in [0.717, 1.165) is 11.1 Å². The van der Waals surface area contributed by atoms with E-state index >= 15 is 0 Å². The molecule has 0 saturated carbocycles. The standard InChI is InChI=1S/C15H16N2O/c1-11(13-3-7-16-8-4-13)15(18)12(2)14-5-9-17-10-6-14/h3-12H,1-2H3. The van der Waals surface area contributed by atoms with Gasteiger partial charge in [0.1, 0.15) is 5.78 Å². The summed E-state index contributed by atoms with van der Waals surface area (Å²) < 4.78 is 0. The molecule has 2 atom stereocenters. The van der Waals surface area contributed by atoms with Crippen molar-refractivity contribution >= 4 is 5.78 Å². The summed E-state index contributed by atoms with van der Waals surface area (Å²) in [4.78, 5) is 20.3. The van der Waals surface area contributed by atoms with Crippen LogP contribution >= 0.6 is 0 Å². The molecule has 2 rings (SSSR count). The molecule has 2 aromatic rings. The lowest BCUT2D eigenvalue weighted by Crippen LogP contribution is -2.16. The summed E-state index contributed by atoms with van der Waals surface area (Å²) in [6.07, 6.45) is 6.87. The molecule has 92 valence electrons. The van der Waals surface area contributed by atoms with Crippen LogP contribution in [0.15, 0.2) is 49.1 Å². The molecule has 0 aliphatic heterocycles. The normalized spacial score (nSPS) is 13.9. The molecule has 0 saturated heterocycles. The highest BCUT2D eigenvalue weighted by Crippen LogP contribution is 2.25. The number of carbonyl (C=O) groups excluding carboxylic acids is 1. The number of pyridine rings is 2. The van der Waals surface area contributed by atoms with E-state index in [1.54, 1.807) is 24.8 Å². The first kappa shape index (κ1) is 12.4. The van der Waals surface area contributed by atoms with Gasteiger partial charge in [-0.25, -0.2) is 0 Å². The zero-order valence-electron chi connectivity index (χ0n) is 10.6. The van der Waals surface area contributed by atoms with Crippen LogP contribution in [-0.2, 0) is 4.79 Å². The number of rotatable bonds is 4. The van der Waals surface area contributed by atoms with Crippen LogP contribution in [0, 0.1) is 0 Å². The zero-order chi connectivity index (χ0) is 13.0. The minimum atomic E-state index is -0.115.